The van der Waals surface area contributed by atoms with Crippen LogP contribution < -0.4 is 5.32 Å². The molecule has 1 N–H and O–H groups in total. The molecule has 0 aliphatic carbocycles. The maximum Gasteiger partial charge on any atom is 0.251 e. The fourth-order valence-electron chi connectivity index (χ4n) is 1.92. The van der Waals surface area contributed by atoms with Gasteiger partial charge in [0.2, 0.25) is 5.91 Å². The molecule has 0 aromatic heterocycles. The van der Waals surface area contributed by atoms with Crippen LogP contribution in [-0.2, 0) is 9.59 Å². The van der Waals surface area contributed by atoms with Crippen LogP contribution in [0.15, 0.2) is 41.8 Å². The van der Waals surface area contributed by atoms with Gasteiger partial charge in [0, 0.05) is 23.4 Å². The van der Waals surface area contributed by atoms with E-state index in [1.165, 1.54) is 11.9 Å². The van der Waals surface area contributed by atoms with Crippen molar-refractivity contribution in [2.24, 2.45) is 0 Å². The van der Waals surface area contributed by atoms with E-state index in [1.807, 2.05) is 30.3 Å². The summed E-state index contributed by atoms with van der Waals surface area (Å²) in [5.41, 5.74) is 0.885. The first kappa shape index (κ1) is 13.7. The molecule has 0 radical (unpaired) electrons. The second kappa shape index (κ2) is 5.93. The third kappa shape index (κ3) is 2.98. The zero-order chi connectivity index (χ0) is 13.8. The number of hydrogen-bond acceptors (Lipinski definition) is 4. The van der Waals surface area contributed by atoms with E-state index in [4.69, 9.17) is 0 Å². The Bertz CT molecular complexity index is 516. The molecule has 1 aliphatic heterocycles. The van der Waals surface area contributed by atoms with Crippen molar-refractivity contribution in [3.8, 4) is 0 Å². The smallest absolute Gasteiger partial charge is 0.251 e. The lowest BCUT2D eigenvalue weighted by Gasteiger charge is -2.15. The standard InChI is InChI=1S/C14H16N2O2S/c1-3-8-19-12-7-5-4-6-10(12)15-11-9-13(17)16(2)14(11)18/h3-7,11,15H,1,8-9H2,2H3. The quantitative estimate of drug-likeness (QED) is 0.508. The molecule has 0 bridgehead atoms. The first-order chi connectivity index (χ1) is 9.13. The molecule has 2 rings (SSSR count). The summed E-state index contributed by atoms with van der Waals surface area (Å²) in [5, 5.41) is 3.16. The van der Waals surface area contributed by atoms with Crippen LogP contribution in [-0.4, -0.2) is 35.6 Å². The predicted molar refractivity (Wildman–Crippen MR) is 77.2 cm³/mol. The minimum atomic E-state index is -0.456. The van der Waals surface area contributed by atoms with E-state index in [2.05, 4.69) is 11.9 Å². The monoisotopic (exact) mass is 276 g/mol. The summed E-state index contributed by atoms with van der Waals surface area (Å²) in [4.78, 5) is 25.6. The van der Waals surface area contributed by atoms with Crippen molar-refractivity contribution < 1.29 is 9.59 Å². The van der Waals surface area contributed by atoms with Crippen molar-refractivity contribution in [3.63, 3.8) is 0 Å². The number of imide groups is 1. The molecule has 5 heteroatoms. The molecule has 1 heterocycles. The largest absolute Gasteiger partial charge is 0.372 e. The van der Waals surface area contributed by atoms with Gasteiger partial charge < -0.3 is 5.32 Å². The minimum Gasteiger partial charge on any atom is -0.372 e. The number of para-hydroxylation sites is 1. The maximum absolute atomic E-state index is 11.9. The van der Waals surface area contributed by atoms with Crippen LogP contribution in [0.4, 0.5) is 5.69 Å². The first-order valence-corrected chi connectivity index (χ1v) is 7.01. The second-order valence-electron chi connectivity index (χ2n) is 4.29. The minimum absolute atomic E-state index is 0.140. The summed E-state index contributed by atoms with van der Waals surface area (Å²) in [6, 6.07) is 7.31. The van der Waals surface area contributed by atoms with E-state index in [0.717, 1.165) is 16.3 Å². The Morgan fingerprint density at radius 1 is 1.47 bits per heavy atom. The number of nitrogens with zero attached hydrogens (tertiary/aromatic N) is 1. The third-order valence-corrected chi connectivity index (χ3v) is 4.02. The number of nitrogens with one attached hydrogen (secondary N) is 1. The highest BCUT2D eigenvalue weighted by atomic mass is 32.2. The summed E-state index contributed by atoms with van der Waals surface area (Å²) in [5.74, 6) is 0.489. The Balaban J connectivity index is 2.13. The molecule has 4 nitrogen and oxygen atoms in total. The van der Waals surface area contributed by atoms with Crippen LogP contribution in [0.5, 0.6) is 0 Å². The molecule has 1 saturated heterocycles. The van der Waals surface area contributed by atoms with Gasteiger partial charge in [0.25, 0.3) is 5.91 Å². The number of carbonyl (C=O) groups is 2. The van der Waals surface area contributed by atoms with Crippen LogP contribution in [0.1, 0.15) is 6.42 Å². The number of likely N-dealkylation sites (tertiary alicyclic amines) is 1. The van der Waals surface area contributed by atoms with Gasteiger partial charge in [-0.05, 0) is 12.1 Å². The number of benzene rings is 1. The zero-order valence-corrected chi connectivity index (χ0v) is 11.6. The Hall–Kier alpha value is -1.75. The second-order valence-corrected chi connectivity index (χ2v) is 5.35. The highest BCUT2D eigenvalue weighted by Gasteiger charge is 2.36. The molecule has 1 aliphatic rings. The summed E-state index contributed by atoms with van der Waals surface area (Å²) >= 11 is 1.64. The Morgan fingerprint density at radius 2 is 2.21 bits per heavy atom. The number of likely N-dealkylation sites (N-methyl/N-ethyl adjacent to an activating group) is 1. The van der Waals surface area contributed by atoms with E-state index in [9.17, 15) is 9.59 Å². The molecule has 1 aromatic carbocycles. The number of thioether (sulfide) groups is 1. The van der Waals surface area contributed by atoms with Crippen molar-refractivity contribution >= 4 is 29.3 Å². The van der Waals surface area contributed by atoms with Crippen LogP contribution in [0.25, 0.3) is 0 Å². The van der Waals surface area contributed by atoms with E-state index < -0.39 is 6.04 Å². The lowest BCUT2D eigenvalue weighted by Crippen LogP contribution is -2.31. The lowest BCUT2D eigenvalue weighted by molar-refractivity contribution is -0.136. The Labute approximate surface area is 116 Å². The van der Waals surface area contributed by atoms with Crippen molar-refractivity contribution in [3.05, 3.63) is 36.9 Å². The molecule has 2 amide bonds. The van der Waals surface area contributed by atoms with Gasteiger partial charge >= 0.3 is 0 Å². The van der Waals surface area contributed by atoms with Crippen molar-refractivity contribution in [2.75, 3.05) is 18.1 Å². The average Bonchev–Trinajstić information content (AvgIpc) is 2.65. The van der Waals surface area contributed by atoms with Gasteiger partial charge in [-0.1, -0.05) is 18.2 Å². The van der Waals surface area contributed by atoms with Crippen LogP contribution >= 0.6 is 11.8 Å². The lowest BCUT2D eigenvalue weighted by atomic mass is 10.2. The van der Waals surface area contributed by atoms with E-state index >= 15 is 0 Å². The summed E-state index contributed by atoms with van der Waals surface area (Å²) in [6.45, 7) is 3.69. The van der Waals surface area contributed by atoms with Crippen molar-refractivity contribution in [1.29, 1.82) is 0 Å². The van der Waals surface area contributed by atoms with Gasteiger partial charge in [0.15, 0.2) is 0 Å². The molecular weight excluding hydrogens is 260 g/mol. The molecule has 1 unspecified atom stereocenters. The highest BCUT2D eigenvalue weighted by Crippen LogP contribution is 2.28. The zero-order valence-electron chi connectivity index (χ0n) is 10.8. The molecule has 1 fully saturated rings. The molecule has 100 valence electrons. The molecule has 1 atom stereocenters. The third-order valence-electron chi connectivity index (χ3n) is 2.96. The van der Waals surface area contributed by atoms with Gasteiger partial charge in [-0.25, -0.2) is 0 Å². The number of amides is 2. The molecule has 0 saturated carbocycles. The summed E-state index contributed by atoms with van der Waals surface area (Å²) in [6.07, 6.45) is 2.05. The topological polar surface area (TPSA) is 49.4 Å². The Morgan fingerprint density at radius 3 is 2.84 bits per heavy atom. The molecule has 1 aromatic rings. The number of anilines is 1. The van der Waals surface area contributed by atoms with Crippen molar-refractivity contribution in [1.82, 2.24) is 4.90 Å². The molecule has 0 spiro atoms. The van der Waals surface area contributed by atoms with Crippen LogP contribution in [0.3, 0.4) is 0 Å². The van der Waals surface area contributed by atoms with E-state index in [0.29, 0.717) is 0 Å². The van der Waals surface area contributed by atoms with E-state index in [-0.39, 0.29) is 18.2 Å². The van der Waals surface area contributed by atoms with Gasteiger partial charge in [0.1, 0.15) is 6.04 Å². The fourth-order valence-corrected chi connectivity index (χ4v) is 2.67. The molecular formula is C14H16N2O2S. The SMILES string of the molecule is C=CCSc1ccccc1NC1CC(=O)N(C)C1=O. The Kier molecular flexibility index (Phi) is 4.27. The van der Waals surface area contributed by atoms with Crippen molar-refractivity contribution in [2.45, 2.75) is 17.4 Å². The van der Waals surface area contributed by atoms with Crippen LogP contribution in [0, 0.1) is 0 Å². The molecule has 19 heavy (non-hydrogen) atoms. The highest BCUT2D eigenvalue weighted by molar-refractivity contribution is 7.99. The fraction of sp³-hybridized carbons (Fsp3) is 0.286. The predicted octanol–water partition coefficient (Wildman–Crippen LogP) is 2.13. The normalized spacial score (nSPS) is 18.8. The maximum atomic E-state index is 11.9. The number of hydrogen-bond donors (Lipinski definition) is 1. The van der Waals surface area contributed by atoms with E-state index in [1.54, 1.807) is 11.8 Å². The summed E-state index contributed by atoms with van der Waals surface area (Å²) in [7, 11) is 1.52. The van der Waals surface area contributed by atoms with Gasteiger partial charge in [-0.2, -0.15) is 0 Å². The number of carbonyl (C=O) groups excluding carboxylic acids is 2. The average molecular weight is 276 g/mol. The van der Waals surface area contributed by atoms with Gasteiger partial charge in [-0.3, -0.25) is 14.5 Å². The van der Waals surface area contributed by atoms with Gasteiger partial charge in [0.05, 0.1) is 6.42 Å². The van der Waals surface area contributed by atoms with Crippen LogP contribution in [0.2, 0.25) is 0 Å². The first-order valence-electron chi connectivity index (χ1n) is 6.03. The number of rotatable bonds is 5. The van der Waals surface area contributed by atoms with Gasteiger partial charge in [-0.15, -0.1) is 18.3 Å². The summed E-state index contributed by atoms with van der Waals surface area (Å²) < 4.78 is 0.